The number of hydrogen-bond acceptors (Lipinski definition) is 2. The minimum Gasteiger partial charge on any atom is -0.388 e. The molecule has 1 aliphatic rings. The lowest BCUT2D eigenvalue weighted by Gasteiger charge is -2.26. The van der Waals surface area contributed by atoms with Crippen LogP contribution in [-0.4, -0.2) is 23.8 Å². The topological polar surface area (TPSA) is 53.1 Å². The van der Waals surface area contributed by atoms with Gasteiger partial charge in [-0.2, -0.15) is 0 Å². The highest BCUT2D eigenvalue weighted by Crippen LogP contribution is 2.49. The standard InChI is InChI=1S/C15H23N3/c1-2-18(11-13-6-4-3-5-7-13)12-15(8-9-15)10-14(16)17/h3-7H,2,8-12H2,1H3,(H3,16,17). The Kier molecular flexibility index (Phi) is 4.02. The first kappa shape index (κ1) is 13.1. The monoisotopic (exact) mass is 245 g/mol. The van der Waals surface area contributed by atoms with Gasteiger partial charge in [0.2, 0.25) is 0 Å². The van der Waals surface area contributed by atoms with Gasteiger partial charge < -0.3 is 5.73 Å². The summed E-state index contributed by atoms with van der Waals surface area (Å²) in [6.45, 7) is 5.32. The van der Waals surface area contributed by atoms with Gasteiger partial charge in [-0.1, -0.05) is 37.3 Å². The van der Waals surface area contributed by atoms with Gasteiger partial charge in [0.15, 0.2) is 0 Å². The minimum absolute atomic E-state index is 0.302. The highest BCUT2D eigenvalue weighted by molar-refractivity contribution is 5.78. The number of hydrogen-bond donors (Lipinski definition) is 2. The van der Waals surface area contributed by atoms with Crippen molar-refractivity contribution >= 4 is 5.84 Å². The van der Waals surface area contributed by atoms with Crippen LogP contribution in [0.15, 0.2) is 30.3 Å². The molecule has 2 rings (SSSR count). The molecule has 0 radical (unpaired) electrons. The molecule has 3 N–H and O–H groups in total. The van der Waals surface area contributed by atoms with E-state index in [2.05, 4.69) is 42.2 Å². The average molecular weight is 245 g/mol. The molecule has 1 aromatic rings. The van der Waals surface area contributed by atoms with E-state index < -0.39 is 0 Å². The van der Waals surface area contributed by atoms with Crippen LogP contribution >= 0.6 is 0 Å². The molecule has 1 aliphatic carbocycles. The number of nitrogens with one attached hydrogen (secondary N) is 1. The molecule has 0 bridgehead atoms. The van der Waals surface area contributed by atoms with Crippen LogP contribution in [0.5, 0.6) is 0 Å². The maximum absolute atomic E-state index is 7.47. The summed E-state index contributed by atoms with van der Waals surface area (Å²) < 4.78 is 0. The molecule has 3 nitrogen and oxygen atoms in total. The number of rotatable bonds is 7. The Labute approximate surface area is 109 Å². The first-order chi connectivity index (χ1) is 8.63. The third kappa shape index (κ3) is 3.57. The van der Waals surface area contributed by atoms with Crippen LogP contribution in [0.2, 0.25) is 0 Å². The summed E-state index contributed by atoms with van der Waals surface area (Å²) in [5, 5.41) is 7.47. The number of amidine groups is 1. The maximum Gasteiger partial charge on any atom is 0.0911 e. The van der Waals surface area contributed by atoms with E-state index in [0.717, 1.165) is 26.1 Å². The Morgan fingerprint density at radius 1 is 1.33 bits per heavy atom. The predicted octanol–water partition coefficient (Wildman–Crippen LogP) is 2.61. The third-order valence-electron chi connectivity index (χ3n) is 3.78. The summed E-state index contributed by atoms with van der Waals surface area (Å²) in [5.74, 6) is 0.336. The first-order valence-electron chi connectivity index (χ1n) is 6.73. The Morgan fingerprint density at radius 2 is 2.00 bits per heavy atom. The molecule has 0 spiro atoms. The predicted molar refractivity (Wildman–Crippen MR) is 75.6 cm³/mol. The van der Waals surface area contributed by atoms with Crippen molar-refractivity contribution < 1.29 is 0 Å². The van der Waals surface area contributed by atoms with Gasteiger partial charge in [0.05, 0.1) is 5.84 Å². The zero-order valence-corrected chi connectivity index (χ0v) is 11.2. The fraction of sp³-hybridized carbons (Fsp3) is 0.533. The van der Waals surface area contributed by atoms with Gasteiger partial charge in [0.1, 0.15) is 0 Å². The molecule has 0 unspecified atom stereocenters. The summed E-state index contributed by atoms with van der Waals surface area (Å²) in [6.07, 6.45) is 3.20. The maximum atomic E-state index is 7.47. The first-order valence-corrected chi connectivity index (χ1v) is 6.73. The lowest BCUT2D eigenvalue weighted by molar-refractivity contribution is 0.224. The van der Waals surface area contributed by atoms with E-state index in [9.17, 15) is 0 Å². The molecule has 18 heavy (non-hydrogen) atoms. The van der Waals surface area contributed by atoms with Crippen LogP contribution in [0.1, 0.15) is 31.7 Å². The molecule has 0 aliphatic heterocycles. The highest BCUT2D eigenvalue weighted by Gasteiger charge is 2.43. The zero-order valence-electron chi connectivity index (χ0n) is 11.2. The Bertz CT molecular complexity index is 395. The molecule has 0 aromatic heterocycles. The van der Waals surface area contributed by atoms with Gasteiger partial charge in [0, 0.05) is 19.5 Å². The third-order valence-corrected chi connectivity index (χ3v) is 3.78. The van der Waals surface area contributed by atoms with Gasteiger partial charge >= 0.3 is 0 Å². The molecular weight excluding hydrogens is 222 g/mol. The van der Waals surface area contributed by atoms with Crippen LogP contribution in [0.3, 0.4) is 0 Å². The van der Waals surface area contributed by atoms with Crippen molar-refractivity contribution in [1.82, 2.24) is 4.90 Å². The normalized spacial score (nSPS) is 16.8. The molecule has 1 saturated carbocycles. The second kappa shape index (κ2) is 5.53. The van der Waals surface area contributed by atoms with Crippen molar-refractivity contribution in [3.63, 3.8) is 0 Å². The van der Waals surface area contributed by atoms with Crippen molar-refractivity contribution in [3.05, 3.63) is 35.9 Å². The van der Waals surface area contributed by atoms with E-state index in [0.29, 0.717) is 11.3 Å². The second-order valence-corrected chi connectivity index (χ2v) is 5.49. The molecule has 0 heterocycles. The number of benzene rings is 1. The molecule has 1 aromatic carbocycles. The van der Waals surface area contributed by atoms with E-state index in [1.165, 1.54) is 18.4 Å². The molecule has 1 fully saturated rings. The molecule has 0 atom stereocenters. The average Bonchev–Trinajstić information content (AvgIpc) is 3.08. The van der Waals surface area contributed by atoms with Crippen LogP contribution in [0.25, 0.3) is 0 Å². The van der Waals surface area contributed by atoms with Crippen molar-refractivity contribution in [1.29, 1.82) is 5.41 Å². The van der Waals surface area contributed by atoms with Crippen molar-refractivity contribution in [2.45, 2.75) is 32.7 Å². The van der Waals surface area contributed by atoms with E-state index in [4.69, 9.17) is 11.1 Å². The Balaban J connectivity index is 1.92. The fourth-order valence-electron chi connectivity index (χ4n) is 2.57. The van der Waals surface area contributed by atoms with Crippen LogP contribution in [-0.2, 0) is 6.54 Å². The number of nitrogens with two attached hydrogens (primary N) is 1. The highest BCUT2D eigenvalue weighted by atomic mass is 15.1. The van der Waals surface area contributed by atoms with E-state index in [1.807, 2.05) is 0 Å². The van der Waals surface area contributed by atoms with Gasteiger partial charge in [0.25, 0.3) is 0 Å². The summed E-state index contributed by atoms with van der Waals surface area (Å²) >= 11 is 0. The van der Waals surface area contributed by atoms with Gasteiger partial charge in [-0.05, 0) is 30.4 Å². The van der Waals surface area contributed by atoms with Crippen molar-refractivity contribution in [2.75, 3.05) is 13.1 Å². The lowest BCUT2D eigenvalue weighted by atomic mass is 10.0. The SMILES string of the molecule is CCN(Cc1ccccc1)CC1(CC(=N)N)CC1. The van der Waals surface area contributed by atoms with Crippen LogP contribution in [0.4, 0.5) is 0 Å². The summed E-state index contributed by atoms with van der Waals surface area (Å²) in [6, 6.07) is 10.6. The summed E-state index contributed by atoms with van der Waals surface area (Å²) in [5.41, 5.74) is 7.21. The molecule has 3 heteroatoms. The molecule has 0 amide bonds. The largest absolute Gasteiger partial charge is 0.388 e. The van der Waals surface area contributed by atoms with E-state index in [-0.39, 0.29) is 0 Å². The zero-order chi connectivity index (χ0) is 13.0. The lowest BCUT2D eigenvalue weighted by Crippen LogP contribution is -2.32. The van der Waals surface area contributed by atoms with Crippen LogP contribution < -0.4 is 5.73 Å². The fourth-order valence-corrected chi connectivity index (χ4v) is 2.57. The quantitative estimate of drug-likeness (QED) is 0.573. The molecule has 0 saturated heterocycles. The van der Waals surface area contributed by atoms with Gasteiger partial charge in [-0.15, -0.1) is 0 Å². The summed E-state index contributed by atoms with van der Waals surface area (Å²) in [4.78, 5) is 2.46. The van der Waals surface area contributed by atoms with E-state index in [1.54, 1.807) is 0 Å². The Morgan fingerprint density at radius 3 is 2.50 bits per heavy atom. The van der Waals surface area contributed by atoms with Gasteiger partial charge in [-0.25, -0.2) is 0 Å². The van der Waals surface area contributed by atoms with E-state index >= 15 is 0 Å². The summed E-state index contributed by atoms with van der Waals surface area (Å²) in [7, 11) is 0. The van der Waals surface area contributed by atoms with Gasteiger partial charge in [-0.3, -0.25) is 10.3 Å². The molecular formula is C15H23N3. The second-order valence-electron chi connectivity index (χ2n) is 5.49. The minimum atomic E-state index is 0.302. The molecule has 98 valence electrons. The smallest absolute Gasteiger partial charge is 0.0911 e. The van der Waals surface area contributed by atoms with Crippen molar-refractivity contribution in [3.8, 4) is 0 Å². The Hall–Kier alpha value is -1.35. The number of nitrogens with zero attached hydrogens (tertiary/aromatic N) is 1. The van der Waals surface area contributed by atoms with Crippen LogP contribution in [0, 0.1) is 10.8 Å². The van der Waals surface area contributed by atoms with Crippen molar-refractivity contribution in [2.24, 2.45) is 11.1 Å².